The minimum absolute atomic E-state index is 0.194. The molecule has 0 bridgehead atoms. The van der Waals surface area contributed by atoms with Crippen LogP contribution < -0.4 is 10.5 Å². The van der Waals surface area contributed by atoms with E-state index in [4.69, 9.17) is 22.1 Å². The van der Waals surface area contributed by atoms with Gasteiger partial charge in [-0.2, -0.15) is 9.97 Å². The number of hydrogen-bond donors (Lipinski definition) is 1. The van der Waals surface area contributed by atoms with E-state index in [2.05, 4.69) is 15.0 Å². The van der Waals surface area contributed by atoms with Crippen molar-refractivity contribution in [3.8, 4) is 5.75 Å². The van der Waals surface area contributed by atoms with Gasteiger partial charge in [-0.25, -0.2) is 4.98 Å². The van der Waals surface area contributed by atoms with Crippen molar-refractivity contribution in [1.82, 2.24) is 15.0 Å². The summed E-state index contributed by atoms with van der Waals surface area (Å²) in [5.74, 6) is 1.35. The number of nitrogens with zero attached hydrogens (tertiary/aromatic N) is 3. The minimum atomic E-state index is 0.194. The second-order valence-corrected chi connectivity index (χ2v) is 4.55. The highest BCUT2D eigenvalue weighted by Gasteiger charge is 2.04. The normalized spacial score (nSPS) is 10.3. The number of rotatable bonds is 4. The number of nitrogens with two attached hydrogens (primary N) is 1. The van der Waals surface area contributed by atoms with Crippen molar-refractivity contribution >= 4 is 29.3 Å². The summed E-state index contributed by atoms with van der Waals surface area (Å²) in [7, 11) is 0. The average molecular weight is 283 g/mol. The van der Waals surface area contributed by atoms with Gasteiger partial charge in [0.15, 0.2) is 11.0 Å². The fourth-order valence-corrected chi connectivity index (χ4v) is 1.84. The zero-order chi connectivity index (χ0) is 13.0. The molecule has 1 aromatic carbocycles. The minimum Gasteiger partial charge on any atom is -0.486 e. The van der Waals surface area contributed by atoms with E-state index < -0.39 is 0 Å². The third-order valence-corrected chi connectivity index (χ3v) is 2.81. The van der Waals surface area contributed by atoms with Crippen molar-refractivity contribution in [3.05, 3.63) is 35.1 Å². The highest BCUT2D eigenvalue weighted by atomic mass is 35.5. The molecular formula is C11H11ClN4OS. The Kier molecular flexibility index (Phi) is 4.22. The lowest BCUT2D eigenvalue weighted by Crippen LogP contribution is -2.07. The first-order valence-electron chi connectivity index (χ1n) is 5.10. The first-order chi connectivity index (χ1) is 8.67. The number of benzene rings is 1. The fourth-order valence-electron chi connectivity index (χ4n) is 1.28. The molecule has 7 heteroatoms. The smallest absolute Gasteiger partial charge is 0.224 e. The molecule has 0 radical (unpaired) electrons. The molecule has 2 rings (SSSR count). The first-order valence-corrected chi connectivity index (χ1v) is 6.70. The maximum Gasteiger partial charge on any atom is 0.224 e. The Morgan fingerprint density at radius 1 is 1.33 bits per heavy atom. The summed E-state index contributed by atoms with van der Waals surface area (Å²) in [6.45, 7) is 0.223. The van der Waals surface area contributed by atoms with Gasteiger partial charge in [0.05, 0.1) is 0 Å². The lowest BCUT2D eigenvalue weighted by Gasteiger charge is -2.06. The standard InChI is InChI=1S/C11H11ClN4OS/c1-18-11-15-9(14-10(13)16-11)6-17-8-4-2-3-7(12)5-8/h2-5H,6H2,1H3,(H2,13,14,15,16). The molecule has 0 aliphatic heterocycles. The van der Waals surface area contributed by atoms with E-state index in [1.807, 2.05) is 18.4 Å². The summed E-state index contributed by atoms with van der Waals surface area (Å²) in [6.07, 6.45) is 1.87. The van der Waals surface area contributed by atoms with Crippen molar-refractivity contribution < 1.29 is 4.74 Å². The molecule has 1 aromatic heterocycles. The third kappa shape index (κ3) is 3.48. The molecule has 0 unspecified atom stereocenters. The van der Waals surface area contributed by atoms with Crippen LogP contribution in [-0.4, -0.2) is 21.2 Å². The van der Waals surface area contributed by atoms with Gasteiger partial charge in [0, 0.05) is 5.02 Å². The van der Waals surface area contributed by atoms with Crippen LogP contribution in [0.4, 0.5) is 5.95 Å². The van der Waals surface area contributed by atoms with Gasteiger partial charge in [-0.3, -0.25) is 0 Å². The fraction of sp³-hybridized carbons (Fsp3) is 0.182. The second-order valence-electron chi connectivity index (χ2n) is 3.34. The highest BCUT2D eigenvalue weighted by Crippen LogP contribution is 2.18. The Hall–Kier alpha value is -1.53. The van der Waals surface area contributed by atoms with Gasteiger partial charge in [0.2, 0.25) is 5.95 Å². The maximum absolute atomic E-state index is 5.85. The molecule has 0 saturated carbocycles. The van der Waals surface area contributed by atoms with Crippen LogP contribution in [0.2, 0.25) is 5.02 Å². The second kappa shape index (κ2) is 5.88. The van der Waals surface area contributed by atoms with Gasteiger partial charge < -0.3 is 10.5 Å². The van der Waals surface area contributed by atoms with Crippen molar-refractivity contribution in [2.75, 3.05) is 12.0 Å². The zero-order valence-corrected chi connectivity index (χ0v) is 11.2. The lowest BCUT2D eigenvalue weighted by atomic mass is 10.3. The zero-order valence-electron chi connectivity index (χ0n) is 9.63. The average Bonchev–Trinajstić information content (AvgIpc) is 2.36. The molecule has 0 amide bonds. The number of thioether (sulfide) groups is 1. The van der Waals surface area contributed by atoms with E-state index in [9.17, 15) is 0 Å². The summed E-state index contributed by atoms with van der Waals surface area (Å²) in [6, 6.07) is 7.13. The molecule has 1 heterocycles. The van der Waals surface area contributed by atoms with Crippen LogP contribution in [0.25, 0.3) is 0 Å². The maximum atomic E-state index is 5.85. The van der Waals surface area contributed by atoms with Crippen LogP contribution in [0.1, 0.15) is 5.82 Å². The predicted molar refractivity (Wildman–Crippen MR) is 71.8 cm³/mol. The molecule has 0 aliphatic carbocycles. The van der Waals surface area contributed by atoms with Crippen LogP contribution in [0, 0.1) is 0 Å². The summed E-state index contributed by atoms with van der Waals surface area (Å²) in [5, 5.41) is 1.19. The molecule has 2 N–H and O–H groups in total. The Bertz CT molecular complexity index is 552. The Morgan fingerprint density at radius 3 is 2.89 bits per heavy atom. The van der Waals surface area contributed by atoms with E-state index in [1.165, 1.54) is 11.8 Å². The van der Waals surface area contributed by atoms with E-state index in [0.717, 1.165) is 0 Å². The molecule has 0 atom stereocenters. The molecular weight excluding hydrogens is 272 g/mol. The van der Waals surface area contributed by atoms with Crippen molar-refractivity contribution in [3.63, 3.8) is 0 Å². The quantitative estimate of drug-likeness (QED) is 0.868. The van der Waals surface area contributed by atoms with Gasteiger partial charge in [-0.05, 0) is 24.5 Å². The van der Waals surface area contributed by atoms with Crippen LogP contribution in [0.3, 0.4) is 0 Å². The molecule has 0 fully saturated rings. The number of nitrogen functional groups attached to an aromatic ring is 1. The summed E-state index contributed by atoms with van der Waals surface area (Å²) in [4.78, 5) is 12.2. The summed E-state index contributed by atoms with van der Waals surface area (Å²) < 4.78 is 5.53. The number of halogens is 1. The number of aromatic nitrogens is 3. The molecule has 18 heavy (non-hydrogen) atoms. The SMILES string of the molecule is CSc1nc(N)nc(COc2cccc(Cl)c2)n1. The molecule has 94 valence electrons. The highest BCUT2D eigenvalue weighted by molar-refractivity contribution is 7.98. The number of hydrogen-bond acceptors (Lipinski definition) is 6. The van der Waals surface area contributed by atoms with Crippen molar-refractivity contribution in [1.29, 1.82) is 0 Å². The van der Waals surface area contributed by atoms with E-state index in [1.54, 1.807) is 12.1 Å². The summed E-state index contributed by atoms with van der Waals surface area (Å²) in [5.41, 5.74) is 5.58. The van der Waals surface area contributed by atoms with Gasteiger partial charge in [0.25, 0.3) is 0 Å². The third-order valence-electron chi connectivity index (χ3n) is 2.03. The van der Waals surface area contributed by atoms with Crippen molar-refractivity contribution in [2.24, 2.45) is 0 Å². The van der Waals surface area contributed by atoms with Crippen LogP contribution >= 0.6 is 23.4 Å². The number of ether oxygens (including phenoxy) is 1. The molecule has 5 nitrogen and oxygen atoms in total. The first kappa shape index (κ1) is 12.9. The van der Waals surface area contributed by atoms with Crippen LogP contribution in [-0.2, 0) is 6.61 Å². The summed E-state index contributed by atoms with van der Waals surface area (Å²) >= 11 is 7.26. The van der Waals surface area contributed by atoms with E-state index >= 15 is 0 Å². The Morgan fingerprint density at radius 2 is 2.17 bits per heavy atom. The molecule has 2 aromatic rings. The molecule has 0 aliphatic rings. The lowest BCUT2D eigenvalue weighted by molar-refractivity contribution is 0.294. The van der Waals surface area contributed by atoms with Crippen LogP contribution in [0.5, 0.6) is 5.75 Å². The van der Waals surface area contributed by atoms with E-state index in [0.29, 0.717) is 21.8 Å². The molecule has 0 spiro atoms. The van der Waals surface area contributed by atoms with E-state index in [-0.39, 0.29) is 12.6 Å². The topological polar surface area (TPSA) is 73.9 Å². The monoisotopic (exact) mass is 282 g/mol. The molecule has 0 saturated heterocycles. The Labute approximate surface area is 114 Å². The van der Waals surface area contributed by atoms with Crippen LogP contribution in [0.15, 0.2) is 29.4 Å². The van der Waals surface area contributed by atoms with Crippen molar-refractivity contribution in [2.45, 2.75) is 11.8 Å². The van der Waals surface area contributed by atoms with Gasteiger partial charge in [-0.15, -0.1) is 0 Å². The van der Waals surface area contributed by atoms with Gasteiger partial charge in [-0.1, -0.05) is 29.4 Å². The van der Waals surface area contributed by atoms with Gasteiger partial charge >= 0.3 is 0 Å². The van der Waals surface area contributed by atoms with Gasteiger partial charge in [0.1, 0.15) is 12.4 Å². The largest absolute Gasteiger partial charge is 0.486 e. The predicted octanol–water partition coefficient (Wildman–Crippen LogP) is 2.41. The number of anilines is 1. The Balaban J connectivity index is 2.08.